The second-order valence-electron chi connectivity index (χ2n) is 11.9. The summed E-state index contributed by atoms with van der Waals surface area (Å²) in [6.07, 6.45) is 33.6. The van der Waals surface area contributed by atoms with E-state index in [0.717, 1.165) is 25.7 Å². The van der Waals surface area contributed by atoms with Gasteiger partial charge in [0.05, 0.1) is 5.88 Å². The zero-order valence-corrected chi connectivity index (χ0v) is 27.6. The Hall–Kier alpha value is -0.770. The molecule has 1 atom stereocenters. The first-order chi connectivity index (χ1) is 19.6. The van der Waals surface area contributed by atoms with Gasteiger partial charge in [0.25, 0.3) is 0 Å². The molecule has 0 spiro atoms. The number of carbonyl (C=O) groups excluding carboxylic acids is 2. The Balaban J connectivity index is 3.53. The number of carbonyl (C=O) groups is 2. The first-order valence-electron chi connectivity index (χ1n) is 17.5. The van der Waals surface area contributed by atoms with Gasteiger partial charge >= 0.3 is 11.9 Å². The van der Waals surface area contributed by atoms with Gasteiger partial charge in [-0.25, -0.2) is 0 Å². The molecule has 0 aromatic heterocycles. The summed E-state index contributed by atoms with van der Waals surface area (Å²) in [6, 6.07) is 0. The lowest BCUT2D eigenvalue weighted by atomic mass is 10.0. The summed E-state index contributed by atoms with van der Waals surface area (Å²) < 4.78 is 10.8. The van der Waals surface area contributed by atoms with Crippen molar-refractivity contribution in [2.24, 2.45) is 0 Å². The Labute approximate surface area is 254 Å². The van der Waals surface area contributed by atoms with Crippen LogP contribution in [0.15, 0.2) is 0 Å². The second-order valence-corrected chi connectivity index (χ2v) is 12.2. The van der Waals surface area contributed by atoms with Crippen molar-refractivity contribution in [3.63, 3.8) is 0 Å². The Morgan fingerprint density at radius 1 is 0.475 bits per heavy atom. The highest BCUT2D eigenvalue weighted by Crippen LogP contribution is 2.15. The van der Waals surface area contributed by atoms with Crippen LogP contribution in [0.2, 0.25) is 0 Å². The van der Waals surface area contributed by atoms with Gasteiger partial charge in [-0.1, -0.05) is 168 Å². The van der Waals surface area contributed by atoms with Gasteiger partial charge < -0.3 is 9.47 Å². The number of alkyl halides is 1. The highest BCUT2D eigenvalue weighted by atomic mass is 35.5. The van der Waals surface area contributed by atoms with Gasteiger partial charge in [-0.3, -0.25) is 9.59 Å². The van der Waals surface area contributed by atoms with E-state index in [0.29, 0.717) is 12.8 Å². The minimum atomic E-state index is -0.549. The van der Waals surface area contributed by atoms with E-state index in [1.807, 2.05) is 0 Å². The molecular weight excluding hydrogens is 520 g/mol. The lowest BCUT2D eigenvalue weighted by molar-refractivity contribution is -0.157. The molecule has 0 N–H and O–H groups in total. The molecule has 0 saturated carbocycles. The third kappa shape index (κ3) is 30.2. The first kappa shape index (κ1) is 39.2. The number of halogens is 1. The Morgan fingerprint density at radius 2 is 0.775 bits per heavy atom. The van der Waals surface area contributed by atoms with Gasteiger partial charge in [0.1, 0.15) is 12.7 Å². The summed E-state index contributed by atoms with van der Waals surface area (Å²) in [6.45, 7) is 4.59. The second kappa shape index (κ2) is 32.7. The molecule has 1 unspecified atom stereocenters. The largest absolute Gasteiger partial charge is 0.462 e. The number of ether oxygens (including phenoxy) is 2. The van der Waals surface area contributed by atoms with Crippen LogP contribution in [0.25, 0.3) is 0 Å². The molecular formula is C35H67ClO4. The maximum atomic E-state index is 12.1. The highest BCUT2D eigenvalue weighted by Gasteiger charge is 2.16. The molecule has 0 heterocycles. The Kier molecular flexibility index (Phi) is 32.1. The zero-order valence-electron chi connectivity index (χ0n) is 26.8. The van der Waals surface area contributed by atoms with Gasteiger partial charge in [0.2, 0.25) is 0 Å². The van der Waals surface area contributed by atoms with Gasteiger partial charge in [-0.15, -0.1) is 11.6 Å². The van der Waals surface area contributed by atoms with Crippen molar-refractivity contribution < 1.29 is 19.1 Å². The smallest absolute Gasteiger partial charge is 0.306 e. The van der Waals surface area contributed by atoms with E-state index >= 15 is 0 Å². The van der Waals surface area contributed by atoms with E-state index in [4.69, 9.17) is 21.1 Å². The quantitative estimate of drug-likeness (QED) is 0.0446. The van der Waals surface area contributed by atoms with Crippen LogP contribution >= 0.6 is 11.6 Å². The van der Waals surface area contributed by atoms with Crippen molar-refractivity contribution >= 4 is 23.5 Å². The molecule has 238 valence electrons. The number of esters is 2. The van der Waals surface area contributed by atoms with Gasteiger partial charge in [0, 0.05) is 12.8 Å². The predicted octanol–water partition coefficient (Wildman–Crippen LogP) is 11.6. The summed E-state index contributed by atoms with van der Waals surface area (Å²) in [5.41, 5.74) is 0. The number of rotatable bonds is 32. The molecule has 0 aliphatic heterocycles. The van der Waals surface area contributed by atoms with Crippen LogP contribution in [0.5, 0.6) is 0 Å². The van der Waals surface area contributed by atoms with Crippen molar-refractivity contribution in [3.05, 3.63) is 0 Å². The molecule has 4 nitrogen and oxygen atoms in total. The van der Waals surface area contributed by atoms with Crippen LogP contribution in [0, 0.1) is 0 Å². The van der Waals surface area contributed by atoms with Crippen molar-refractivity contribution in [1.29, 1.82) is 0 Å². The number of unbranched alkanes of at least 4 members (excludes halogenated alkanes) is 24. The minimum Gasteiger partial charge on any atom is -0.462 e. The van der Waals surface area contributed by atoms with Crippen molar-refractivity contribution in [2.45, 2.75) is 200 Å². The lowest BCUT2D eigenvalue weighted by Crippen LogP contribution is -2.26. The first-order valence-corrected chi connectivity index (χ1v) is 18.1. The van der Waals surface area contributed by atoms with Crippen molar-refractivity contribution in [3.8, 4) is 0 Å². The van der Waals surface area contributed by atoms with E-state index in [9.17, 15) is 9.59 Å². The van der Waals surface area contributed by atoms with Gasteiger partial charge in [-0.05, 0) is 12.8 Å². The van der Waals surface area contributed by atoms with Crippen LogP contribution < -0.4 is 0 Å². The molecule has 0 rings (SSSR count). The number of hydrogen-bond acceptors (Lipinski definition) is 4. The van der Waals surface area contributed by atoms with E-state index < -0.39 is 6.10 Å². The molecule has 40 heavy (non-hydrogen) atoms. The molecule has 5 heteroatoms. The Morgan fingerprint density at radius 3 is 1.10 bits per heavy atom. The maximum absolute atomic E-state index is 12.1. The summed E-state index contributed by atoms with van der Waals surface area (Å²) in [5.74, 6) is -0.303. The third-order valence-electron chi connectivity index (χ3n) is 7.87. The molecule has 0 bridgehead atoms. The van der Waals surface area contributed by atoms with Crippen molar-refractivity contribution in [2.75, 3.05) is 12.5 Å². The van der Waals surface area contributed by atoms with E-state index in [1.165, 1.54) is 141 Å². The number of hydrogen-bond donors (Lipinski definition) is 0. The predicted molar refractivity (Wildman–Crippen MR) is 172 cm³/mol. The molecule has 0 radical (unpaired) electrons. The fourth-order valence-corrected chi connectivity index (χ4v) is 5.34. The molecule has 0 aliphatic carbocycles. The van der Waals surface area contributed by atoms with Crippen LogP contribution in [-0.4, -0.2) is 30.5 Å². The zero-order chi connectivity index (χ0) is 29.4. The average Bonchev–Trinajstić information content (AvgIpc) is 2.96. The molecule has 0 aromatic rings. The van der Waals surface area contributed by atoms with Crippen LogP contribution in [0.3, 0.4) is 0 Å². The van der Waals surface area contributed by atoms with Crippen molar-refractivity contribution in [1.82, 2.24) is 0 Å². The monoisotopic (exact) mass is 586 g/mol. The fraction of sp³-hybridized carbons (Fsp3) is 0.943. The molecule has 0 aliphatic rings. The lowest BCUT2D eigenvalue weighted by Gasteiger charge is -2.15. The van der Waals surface area contributed by atoms with Gasteiger partial charge in [0.15, 0.2) is 0 Å². The standard InChI is InChI=1S/C35H67ClO4/c1-3-5-7-9-11-13-15-17-19-21-23-25-27-29-34(37)39-32-33(31-36)40-35(38)30-28-26-24-22-20-18-16-14-12-10-8-6-4-2/h33H,3-32H2,1-2H3. The average molecular weight is 587 g/mol. The molecule has 0 aromatic carbocycles. The van der Waals surface area contributed by atoms with Crippen LogP contribution in [0.4, 0.5) is 0 Å². The third-order valence-corrected chi connectivity index (χ3v) is 8.21. The van der Waals surface area contributed by atoms with Crippen LogP contribution in [0.1, 0.15) is 194 Å². The summed E-state index contributed by atoms with van der Waals surface area (Å²) >= 11 is 5.95. The van der Waals surface area contributed by atoms with E-state index in [1.54, 1.807) is 0 Å². The van der Waals surface area contributed by atoms with E-state index in [-0.39, 0.29) is 24.4 Å². The maximum Gasteiger partial charge on any atom is 0.306 e. The summed E-state index contributed by atoms with van der Waals surface area (Å²) in [7, 11) is 0. The van der Waals surface area contributed by atoms with Gasteiger partial charge in [-0.2, -0.15) is 0 Å². The SMILES string of the molecule is CCCCCCCCCCCCCCCC(=O)OCC(CCl)OC(=O)CCCCCCCCCCCCCCC. The van der Waals surface area contributed by atoms with E-state index in [2.05, 4.69) is 13.8 Å². The fourth-order valence-electron chi connectivity index (χ4n) is 5.19. The molecule has 0 saturated heterocycles. The minimum absolute atomic E-state index is 0.0606. The molecule has 0 fully saturated rings. The normalized spacial score (nSPS) is 12.0. The summed E-state index contributed by atoms with van der Waals surface area (Å²) in [4.78, 5) is 24.2. The molecule has 0 amide bonds. The topological polar surface area (TPSA) is 52.6 Å². The summed E-state index contributed by atoms with van der Waals surface area (Å²) in [5, 5.41) is 0. The Bertz CT molecular complexity index is 539. The van der Waals surface area contributed by atoms with Crippen LogP contribution in [-0.2, 0) is 19.1 Å². The highest BCUT2D eigenvalue weighted by molar-refractivity contribution is 6.18.